The number of halogens is 1. The highest BCUT2D eigenvalue weighted by atomic mass is 127. The highest BCUT2D eigenvalue weighted by Gasteiger charge is 2.21. The average Bonchev–Trinajstić information content (AvgIpc) is 2.67. The Bertz CT molecular complexity index is 590. The van der Waals surface area contributed by atoms with Crippen LogP contribution in [0, 0.1) is 0 Å². The molecule has 1 aliphatic rings. The molecule has 7 heteroatoms. The van der Waals surface area contributed by atoms with Crippen LogP contribution in [0.5, 0.6) is 11.5 Å². The summed E-state index contributed by atoms with van der Waals surface area (Å²) in [6.07, 6.45) is 2.26. The van der Waals surface area contributed by atoms with Crippen LogP contribution < -0.4 is 20.1 Å². The first kappa shape index (κ1) is 24.8. The second-order valence-electron chi connectivity index (χ2n) is 7.35. The van der Waals surface area contributed by atoms with E-state index in [9.17, 15) is 0 Å². The number of nitrogens with one attached hydrogen (secondary N) is 2. The van der Waals surface area contributed by atoms with Crippen molar-refractivity contribution in [3.63, 3.8) is 0 Å². The van der Waals surface area contributed by atoms with Crippen LogP contribution in [0.1, 0.15) is 40.5 Å². The average molecular weight is 504 g/mol. The molecule has 160 valence electrons. The quantitative estimate of drug-likeness (QED) is 0.323. The lowest BCUT2D eigenvalue weighted by atomic mass is 10.0. The number of guanidine groups is 1. The number of nitrogens with zero attached hydrogens (tertiary/aromatic N) is 2. The Morgan fingerprint density at radius 1 is 1.18 bits per heavy atom. The van der Waals surface area contributed by atoms with E-state index in [4.69, 9.17) is 14.5 Å². The van der Waals surface area contributed by atoms with E-state index in [0.717, 1.165) is 49.9 Å². The summed E-state index contributed by atoms with van der Waals surface area (Å²) in [6, 6.07) is 8.81. The SMILES string of the molecule is CCNC(=NCC(C)Oc1ccccc1OC)NC1CCN(C(C)C)CC1.I. The van der Waals surface area contributed by atoms with Crippen molar-refractivity contribution >= 4 is 29.9 Å². The van der Waals surface area contributed by atoms with Crippen LogP contribution >= 0.6 is 24.0 Å². The smallest absolute Gasteiger partial charge is 0.191 e. The fraction of sp³-hybridized carbons (Fsp3) is 0.667. The molecule has 0 bridgehead atoms. The molecule has 6 nitrogen and oxygen atoms in total. The number of hydrogen-bond donors (Lipinski definition) is 2. The zero-order chi connectivity index (χ0) is 19.6. The Kier molecular flexibility index (Phi) is 11.6. The maximum Gasteiger partial charge on any atom is 0.191 e. The van der Waals surface area contributed by atoms with Crippen LogP contribution in [-0.4, -0.2) is 62.3 Å². The summed E-state index contributed by atoms with van der Waals surface area (Å²) in [4.78, 5) is 7.26. The van der Waals surface area contributed by atoms with Crippen molar-refractivity contribution in [1.82, 2.24) is 15.5 Å². The van der Waals surface area contributed by atoms with E-state index in [2.05, 4.69) is 36.3 Å². The lowest BCUT2D eigenvalue weighted by Gasteiger charge is -2.35. The minimum Gasteiger partial charge on any atom is -0.493 e. The van der Waals surface area contributed by atoms with Gasteiger partial charge in [-0.3, -0.25) is 0 Å². The van der Waals surface area contributed by atoms with Gasteiger partial charge in [-0.15, -0.1) is 24.0 Å². The van der Waals surface area contributed by atoms with E-state index in [-0.39, 0.29) is 30.1 Å². The number of rotatable bonds is 8. The fourth-order valence-corrected chi connectivity index (χ4v) is 3.26. The normalized spacial score (nSPS) is 17.0. The highest BCUT2D eigenvalue weighted by Crippen LogP contribution is 2.26. The van der Waals surface area contributed by atoms with Crippen molar-refractivity contribution < 1.29 is 9.47 Å². The molecule has 2 N–H and O–H groups in total. The summed E-state index contributed by atoms with van der Waals surface area (Å²) in [5.41, 5.74) is 0. The molecule has 0 saturated carbocycles. The van der Waals surface area contributed by atoms with E-state index < -0.39 is 0 Å². The van der Waals surface area contributed by atoms with Crippen molar-refractivity contribution in [3.8, 4) is 11.5 Å². The number of ether oxygens (including phenoxy) is 2. The van der Waals surface area contributed by atoms with Gasteiger partial charge in [0.05, 0.1) is 13.7 Å². The first-order chi connectivity index (χ1) is 13.0. The number of para-hydroxylation sites is 2. The van der Waals surface area contributed by atoms with E-state index in [1.54, 1.807) is 7.11 Å². The number of piperidine rings is 1. The Morgan fingerprint density at radius 3 is 2.39 bits per heavy atom. The van der Waals surface area contributed by atoms with Gasteiger partial charge in [-0.2, -0.15) is 0 Å². The molecule has 0 aliphatic carbocycles. The first-order valence-corrected chi connectivity index (χ1v) is 10.1. The van der Waals surface area contributed by atoms with Gasteiger partial charge in [0.2, 0.25) is 0 Å². The van der Waals surface area contributed by atoms with Gasteiger partial charge in [-0.05, 0) is 52.7 Å². The van der Waals surface area contributed by atoms with Gasteiger partial charge < -0.3 is 25.0 Å². The van der Waals surface area contributed by atoms with Crippen molar-refractivity contribution in [3.05, 3.63) is 24.3 Å². The van der Waals surface area contributed by atoms with Crippen LogP contribution in [0.4, 0.5) is 0 Å². The third-order valence-corrected chi connectivity index (χ3v) is 4.85. The number of hydrogen-bond acceptors (Lipinski definition) is 4. The second kappa shape index (κ2) is 13.1. The predicted molar refractivity (Wildman–Crippen MR) is 127 cm³/mol. The Hall–Kier alpha value is -1.22. The van der Waals surface area contributed by atoms with E-state index >= 15 is 0 Å². The molecule has 1 aromatic carbocycles. The molecule has 0 spiro atoms. The molecule has 1 unspecified atom stereocenters. The molecule has 1 aliphatic heterocycles. The Balaban J connectivity index is 0.00000392. The molecule has 1 heterocycles. The van der Waals surface area contributed by atoms with E-state index in [0.29, 0.717) is 18.6 Å². The van der Waals surface area contributed by atoms with Gasteiger partial charge in [0.15, 0.2) is 17.5 Å². The molecule has 1 fully saturated rings. The monoisotopic (exact) mass is 504 g/mol. The summed E-state index contributed by atoms with van der Waals surface area (Å²) in [7, 11) is 1.66. The van der Waals surface area contributed by atoms with Gasteiger partial charge in [0, 0.05) is 31.7 Å². The van der Waals surface area contributed by atoms with E-state index in [1.807, 2.05) is 31.2 Å². The number of likely N-dealkylation sites (tertiary alicyclic amines) is 1. The maximum absolute atomic E-state index is 6.00. The largest absolute Gasteiger partial charge is 0.493 e. The van der Waals surface area contributed by atoms with Crippen molar-refractivity contribution in [2.75, 3.05) is 33.3 Å². The highest BCUT2D eigenvalue weighted by molar-refractivity contribution is 14.0. The standard InChI is InChI=1S/C21H36N4O2.HI/c1-6-22-21(24-18-11-13-25(14-12-18)16(2)3)23-15-17(4)27-20-10-8-7-9-19(20)26-5;/h7-10,16-18H,6,11-15H2,1-5H3,(H2,22,23,24);1H. The van der Waals surface area contributed by atoms with Gasteiger partial charge in [-0.25, -0.2) is 4.99 Å². The van der Waals surface area contributed by atoms with Gasteiger partial charge in [-0.1, -0.05) is 12.1 Å². The number of methoxy groups -OCH3 is 1. The molecule has 28 heavy (non-hydrogen) atoms. The topological polar surface area (TPSA) is 58.1 Å². The summed E-state index contributed by atoms with van der Waals surface area (Å²) in [6.45, 7) is 12.4. The molecule has 0 amide bonds. The molecule has 1 saturated heterocycles. The minimum absolute atomic E-state index is 0. The zero-order valence-corrected chi connectivity index (χ0v) is 20.2. The second-order valence-corrected chi connectivity index (χ2v) is 7.35. The summed E-state index contributed by atoms with van der Waals surface area (Å²) >= 11 is 0. The van der Waals surface area contributed by atoms with Crippen LogP contribution in [0.15, 0.2) is 29.3 Å². The van der Waals surface area contributed by atoms with Crippen molar-refractivity contribution in [2.24, 2.45) is 4.99 Å². The maximum atomic E-state index is 6.00. The molecule has 0 aromatic heterocycles. The summed E-state index contributed by atoms with van der Waals surface area (Å²) in [5.74, 6) is 2.37. The zero-order valence-electron chi connectivity index (χ0n) is 17.9. The van der Waals surface area contributed by atoms with Gasteiger partial charge >= 0.3 is 0 Å². The predicted octanol–water partition coefficient (Wildman–Crippen LogP) is 3.51. The van der Waals surface area contributed by atoms with Gasteiger partial charge in [0.25, 0.3) is 0 Å². The lowest BCUT2D eigenvalue weighted by Crippen LogP contribution is -2.50. The molecule has 1 aromatic rings. The summed E-state index contributed by atoms with van der Waals surface area (Å²) in [5, 5.41) is 6.94. The van der Waals surface area contributed by atoms with Crippen molar-refractivity contribution in [2.45, 2.75) is 58.7 Å². The van der Waals surface area contributed by atoms with Crippen LogP contribution in [0.2, 0.25) is 0 Å². The molecule has 1 atom stereocenters. The fourth-order valence-electron chi connectivity index (χ4n) is 3.26. The van der Waals surface area contributed by atoms with Crippen molar-refractivity contribution in [1.29, 1.82) is 0 Å². The Labute approximate surface area is 187 Å². The molecule has 0 radical (unpaired) electrons. The Morgan fingerprint density at radius 2 is 1.82 bits per heavy atom. The third kappa shape index (κ3) is 8.03. The lowest BCUT2D eigenvalue weighted by molar-refractivity contribution is 0.167. The van der Waals surface area contributed by atoms with Gasteiger partial charge in [0.1, 0.15) is 6.10 Å². The minimum atomic E-state index is -0.0421. The number of aliphatic imine (C=N–C) groups is 1. The first-order valence-electron chi connectivity index (χ1n) is 10.1. The van der Waals surface area contributed by atoms with Crippen LogP contribution in [-0.2, 0) is 0 Å². The number of benzene rings is 1. The van der Waals surface area contributed by atoms with Crippen LogP contribution in [0.25, 0.3) is 0 Å². The third-order valence-electron chi connectivity index (χ3n) is 4.85. The molecular formula is C21H37IN4O2. The van der Waals surface area contributed by atoms with E-state index in [1.165, 1.54) is 0 Å². The molecule has 2 rings (SSSR count). The van der Waals surface area contributed by atoms with Crippen LogP contribution in [0.3, 0.4) is 0 Å². The summed E-state index contributed by atoms with van der Waals surface area (Å²) < 4.78 is 11.3. The molecular weight excluding hydrogens is 467 g/mol.